The van der Waals surface area contributed by atoms with Crippen LogP contribution in [0.25, 0.3) is 0 Å². The minimum atomic E-state index is -1.35. The number of carboxylic acids is 2. The Morgan fingerprint density at radius 3 is 2.12 bits per heavy atom. The standard InChI is InChI=1S/C11H18O6/c1-2-17-9(12)7-5-3-4-6-8(10(13)14)11(15)16/h8H,2-7H2,1H3,(H,13,14)(H,15,16). The molecule has 0 spiro atoms. The summed E-state index contributed by atoms with van der Waals surface area (Å²) >= 11 is 0. The third kappa shape index (κ3) is 7.32. The van der Waals surface area contributed by atoms with Gasteiger partial charge in [0.15, 0.2) is 5.92 Å². The Bertz CT molecular complexity index is 259. The maximum absolute atomic E-state index is 10.9. The molecule has 0 bridgehead atoms. The van der Waals surface area contributed by atoms with E-state index in [1.807, 2.05) is 0 Å². The predicted molar refractivity (Wildman–Crippen MR) is 58.5 cm³/mol. The van der Waals surface area contributed by atoms with Crippen LogP contribution in [0.15, 0.2) is 0 Å². The first-order valence-corrected chi connectivity index (χ1v) is 5.60. The van der Waals surface area contributed by atoms with E-state index in [2.05, 4.69) is 0 Å². The fraction of sp³-hybridized carbons (Fsp3) is 0.727. The lowest BCUT2D eigenvalue weighted by Crippen LogP contribution is -2.23. The molecule has 2 N–H and O–H groups in total. The second kappa shape index (κ2) is 8.55. The van der Waals surface area contributed by atoms with Gasteiger partial charge in [-0.25, -0.2) is 0 Å². The zero-order valence-corrected chi connectivity index (χ0v) is 9.85. The average molecular weight is 246 g/mol. The highest BCUT2D eigenvalue weighted by atomic mass is 16.5. The van der Waals surface area contributed by atoms with Gasteiger partial charge < -0.3 is 14.9 Å². The van der Waals surface area contributed by atoms with E-state index in [-0.39, 0.29) is 12.4 Å². The van der Waals surface area contributed by atoms with Gasteiger partial charge in [-0.2, -0.15) is 0 Å². The second-order valence-electron chi connectivity index (χ2n) is 3.63. The van der Waals surface area contributed by atoms with Gasteiger partial charge in [0.25, 0.3) is 0 Å². The number of unbranched alkanes of at least 4 members (excludes halogenated alkanes) is 2. The van der Waals surface area contributed by atoms with Gasteiger partial charge >= 0.3 is 17.9 Å². The van der Waals surface area contributed by atoms with Crippen molar-refractivity contribution in [2.24, 2.45) is 5.92 Å². The van der Waals surface area contributed by atoms with Gasteiger partial charge in [-0.05, 0) is 19.8 Å². The van der Waals surface area contributed by atoms with Crippen LogP contribution in [0.1, 0.15) is 39.0 Å². The summed E-state index contributed by atoms with van der Waals surface area (Å²) in [7, 11) is 0. The van der Waals surface area contributed by atoms with Gasteiger partial charge in [-0.15, -0.1) is 0 Å². The van der Waals surface area contributed by atoms with Crippen LogP contribution in [0, 0.1) is 5.92 Å². The Morgan fingerprint density at radius 1 is 1.06 bits per heavy atom. The summed E-state index contributed by atoms with van der Waals surface area (Å²) in [5, 5.41) is 17.2. The van der Waals surface area contributed by atoms with E-state index in [1.165, 1.54) is 0 Å². The molecule has 0 atom stereocenters. The number of carboxylic acid groups (broad SMARTS) is 2. The van der Waals surface area contributed by atoms with Crippen molar-refractivity contribution >= 4 is 17.9 Å². The fourth-order valence-electron chi connectivity index (χ4n) is 1.38. The number of ether oxygens (including phenoxy) is 1. The zero-order chi connectivity index (χ0) is 13.3. The van der Waals surface area contributed by atoms with Crippen LogP contribution in [0.5, 0.6) is 0 Å². The highest BCUT2D eigenvalue weighted by molar-refractivity contribution is 5.92. The van der Waals surface area contributed by atoms with Crippen LogP contribution in [0.4, 0.5) is 0 Å². The molecule has 0 aliphatic heterocycles. The molecule has 0 aliphatic rings. The summed E-state index contributed by atoms with van der Waals surface area (Å²) in [4.78, 5) is 32.0. The highest BCUT2D eigenvalue weighted by Gasteiger charge is 2.24. The molecule has 0 aliphatic carbocycles. The van der Waals surface area contributed by atoms with Gasteiger partial charge in [0.05, 0.1) is 6.61 Å². The molecule has 0 aromatic rings. The van der Waals surface area contributed by atoms with Crippen molar-refractivity contribution in [3.05, 3.63) is 0 Å². The van der Waals surface area contributed by atoms with E-state index in [1.54, 1.807) is 6.92 Å². The molecule has 0 fully saturated rings. The third-order valence-electron chi connectivity index (χ3n) is 2.28. The lowest BCUT2D eigenvalue weighted by molar-refractivity contribution is -0.155. The quantitative estimate of drug-likeness (QED) is 0.361. The fourth-order valence-corrected chi connectivity index (χ4v) is 1.38. The molecule has 17 heavy (non-hydrogen) atoms. The first kappa shape index (κ1) is 15.4. The number of rotatable bonds is 9. The van der Waals surface area contributed by atoms with E-state index in [9.17, 15) is 14.4 Å². The molecule has 0 aromatic carbocycles. The highest BCUT2D eigenvalue weighted by Crippen LogP contribution is 2.12. The second-order valence-corrected chi connectivity index (χ2v) is 3.63. The normalized spacial score (nSPS) is 10.2. The largest absolute Gasteiger partial charge is 0.481 e. The van der Waals surface area contributed by atoms with E-state index in [0.29, 0.717) is 32.3 Å². The molecule has 0 saturated heterocycles. The van der Waals surface area contributed by atoms with Gasteiger partial charge in [0, 0.05) is 6.42 Å². The first-order valence-electron chi connectivity index (χ1n) is 5.60. The van der Waals surface area contributed by atoms with Crippen molar-refractivity contribution in [2.45, 2.75) is 39.0 Å². The monoisotopic (exact) mass is 246 g/mol. The Labute approximate surface area is 99.6 Å². The molecule has 6 nitrogen and oxygen atoms in total. The maximum atomic E-state index is 10.9. The van der Waals surface area contributed by atoms with Crippen LogP contribution in [-0.2, 0) is 19.1 Å². The molecular weight excluding hydrogens is 228 g/mol. The van der Waals surface area contributed by atoms with Crippen LogP contribution < -0.4 is 0 Å². The molecule has 0 unspecified atom stereocenters. The predicted octanol–water partition coefficient (Wildman–Crippen LogP) is 1.29. The summed E-state index contributed by atoms with van der Waals surface area (Å²) in [6.45, 7) is 2.07. The average Bonchev–Trinajstić information content (AvgIpc) is 2.22. The van der Waals surface area contributed by atoms with Gasteiger partial charge in [0.2, 0.25) is 0 Å². The van der Waals surface area contributed by atoms with Crippen molar-refractivity contribution in [1.29, 1.82) is 0 Å². The van der Waals surface area contributed by atoms with Crippen LogP contribution in [0.3, 0.4) is 0 Å². The van der Waals surface area contributed by atoms with Crippen LogP contribution in [-0.4, -0.2) is 34.7 Å². The molecule has 0 aromatic heterocycles. The minimum absolute atomic E-state index is 0.0908. The van der Waals surface area contributed by atoms with Crippen molar-refractivity contribution in [2.75, 3.05) is 6.61 Å². The lowest BCUT2D eigenvalue weighted by Gasteiger charge is -2.06. The topological polar surface area (TPSA) is 101 Å². The Morgan fingerprint density at radius 2 is 1.65 bits per heavy atom. The zero-order valence-electron chi connectivity index (χ0n) is 9.85. The Balaban J connectivity index is 3.66. The number of hydrogen-bond donors (Lipinski definition) is 2. The summed E-state index contributed by atoms with van der Waals surface area (Å²) in [6, 6.07) is 0. The smallest absolute Gasteiger partial charge is 0.317 e. The molecule has 0 heterocycles. The number of esters is 1. The lowest BCUT2D eigenvalue weighted by atomic mass is 10.0. The number of carbonyl (C=O) groups excluding carboxylic acids is 1. The summed E-state index contributed by atoms with van der Waals surface area (Å²) < 4.78 is 4.72. The van der Waals surface area contributed by atoms with Crippen LogP contribution >= 0.6 is 0 Å². The minimum Gasteiger partial charge on any atom is -0.481 e. The van der Waals surface area contributed by atoms with E-state index in [0.717, 1.165) is 0 Å². The van der Waals surface area contributed by atoms with Crippen molar-refractivity contribution in [1.82, 2.24) is 0 Å². The number of carbonyl (C=O) groups is 3. The van der Waals surface area contributed by atoms with E-state index >= 15 is 0 Å². The molecule has 0 radical (unpaired) electrons. The molecule has 98 valence electrons. The van der Waals surface area contributed by atoms with Crippen molar-refractivity contribution in [3.63, 3.8) is 0 Å². The Kier molecular flexibility index (Phi) is 7.75. The van der Waals surface area contributed by atoms with Gasteiger partial charge in [0.1, 0.15) is 0 Å². The molecule has 0 amide bonds. The van der Waals surface area contributed by atoms with Crippen molar-refractivity contribution < 1.29 is 29.3 Å². The Hall–Kier alpha value is -1.59. The molecule has 6 heteroatoms. The molecular formula is C11H18O6. The summed E-state index contributed by atoms with van der Waals surface area (Å²) in [5.41, 5.74) is 0. The molecule has 0 rings (SSSR count). The van der Waals surface area contributed by atoms with Gasteiger partial charge in [-0.1, -0.05) is 12.8 Å². The van der Waals surface area contributed by atoms with Crippen molar-refractivity contribution in [3.8, 4) is 0 Å². The summed E-state index contributed by atoms with van der Waals surface area (Å²) in [5.74, 6) is -4.26. The summed E-state index contributed by atoms with van der Waals surface area (Å²) in [6.07, 6.45) is 2.06. The van der Waals surface area contributed by atoms with Crippen LogP contribution in [0.2, 0.25) is 0 Å². The van der Waals surface area contributed by atoms with E-state index < -0.39 is 17.9 Å². The maximum Gasteiger partial charge on any atom is 0.317 e. The SMILES string of the molecule is CCOC(=O)CCCCCC(C(=O)O)C(=O)O. The molecule has 0 saturated carbocycles. The first-order chi connectivity index (χ1) is 7.99. The number of hydrogen-bond acceptors (Lipinski definition) is 4. The van der Waals surface area contributed by atoms with E-state index in [4.69, 9.17) is 14.9 Å². The van der Waals surface area contributed by atoms with Gasteiger partial charge in [-0.3, -0.25) is 14.4 Å². The third-order valence-corrected chi connectivity index (χ3v) is 2.28. The number of aliphatic carboxylic acids is 2.